The van der Waals surface area contributed by atoms with Crippen LogP contribution in [0.1, 0.15) is 45.6 Å². The minimum Gasteiger partial charge on any atom is -0.444 e. The van der Waals surface area contributed by atoms with E-state index in [-0.39, 0.29) is 6.09 Å². The number of anilines is 1. The number of hydrogen-bond donors (Lipinski definition) is 1. The Hall–Kier alpha value is -1.97. The standard InChI is InChI=1S/C19H28N2O2/c1-19(2,3)23-18(22)20-13-7-8-16-9-11-17(12-10-16)21-14-5-4-6-15-21/h7-12H,4-6,13-15H2,1-3H3,(H,20,22). The lowest BCUT2D eigenvalue weighted by Crippen LogP contribution is -2.32. The van der Waals surface area contributed by atoms with Crippen LogP contribution in [-0.4, -0.2) is 31.3 Å². The van der Waals surface area contributed by atoms with Crippen molar-refractivity contribution >= 4 is 17.9 Å². The highest BCUT2D eigenvalue weighted by Crippen LogP contribution is 2.20. The molecule has 1 heterocycles. The van der Waals surface area contributed by atoms with Gasteiger partial charge in [-0.15, -0.1) is 0 Å². The van der Waals surface area contributed by atoms with Crippen LogP contribution in [0.4, 0.5) is 10.5 Å². The maximum absolute atomic E-state index is 11.5. The average Bonchev–Trinajstić information content (AvgIpc) is 2.51. The first kappa shape index (κ1) is 17.4. The fourth-order valence-electron chi connectivity index (χ4n) is 2.60. The molecule has 1 fully saturated rings. The molecule has 1 aliphatic heterocycles. The zero-order chi connectivity index (χ0) is 16.7. The van der Waals surface area contributed by atoms with Gasteiger partial charge in [-0.3, -0.25) is 0 Å². The number of rotatable bonds is 4. The zero-order valence-electron chi connectivity index (χ0n) is 14.5. The number of carbonyl (C=O) groups excluding carboxylic acids is 1. The van der Waals surface area contributed by atoms with Gasteiger partial charge in [0, 0.05) is 25.3 Å². The fourth-order valence-corrected chi connectivity index (χ4v) is 2.60. The summed E-state index contributed by atoms with van der Waals surface area (Å²) in [4.78, 5) is 14.0. The molecule has 1 aliphatic rings. The summed E-state index contributed by atoms with van der Waals surface area (Å²) in [6.45, 7) is 8.34. The number of benzene rings is 1. The van der Waals surface area contributed by atoms with Crippen molar-refractivity contribution in [2.24, 2.45) is 0 Å². The van der Waals surface area contributed by atoms with Crippen LogP contribution in [0.5, 0.6) is 0 Å². The number of nitrogens with one attached hydrogen (secondary N) is 1. The fraction of sp³-hybridized carbons (Fsp3) is 0.526. The third-order valence-corrected chi connectivity index (χ3v) is 3.69. The molecule has 0 unspecified atom stereocenters. The van der Waals surface area contributed by atoms with Gasteiger partial charge in [-0.2, -0.15) is 0 Å². The van der Waals surface area contributed by atoms with E-state index < -0.39 is 5.60 Å². The highest BCUT2D eigenvalue weighted by atomic mass is 16.6. The molecule has 0 spiro atoms. The van der Waals surface area contributed by atoms with Crippen molar-refractivity contribution in [3.63, 3.8) is 0 Å². The minimum atomic E-state index is -0.460. The molecule has 1 saturated heterocycles. The van der Waals surface area contributed by atoms with E-state index >= 15 is 0 Å². The van der Waals surface area contributed by atoms with Crippen LogP contribution >= 0.6 is 0 Å². The Morgan fingerprint density at radius 3 is 2.43 bits per heavy atom. The largest absolute Gasteiger partial charge is 0.444 e. The van der Waals surface area contributed by atoms with Gasteiger partial charge in [0.15, 0.2) is 0 Å². The van der Waals surface area contributed by atoms with Crippen LogP contribution in [0.25, 0.3) is 6.08 Å². The van der Waals surface area contributed by atoms with Crippen LogP contribution in [0.3, 0.4) is 0 Å². The summed E-state index contributed by atoms with van der Waals surface area (Å²) < 4.78 is 5.18. The summed E-state index contributed by atoms with van der Waals surface area (Å²) in [7, 11) is 0. The first-order chi connectivity index (χ1) is 10.9. The molecular formula is C19H28N2O2. The monoisotopic (exact) mass is 316 g/mol. The van der Waals surface area contributed by atoms with Crippen molar-refractivity contribution in [3.8, 4) is 0 Å². The van der Waals surface area contributed by atoms with Crippen LogP contribution in [0, 0.1) is 0 Å². The van der Waals surface area contributed by atoms with Crippen molar-refractivity contribution in [2.45, 2.75) is 45.6 Å². The van der Waals surface area contributed by atoms with E-state index in [0.717, 1.165) is 18.7 Å². The molecule has 1 N–H and O–H groups in total. The topological polar surface area (TPSA) is 41.6 Å². The number of amides is 1. The van der Waals surface area contributed by atoms with Gasteiger partial charge in [-0.05, 0) is 57.7 Å². The van der Waals surface area contributed by atoms with Crippen LogP contribution in [0.15, 0.2) is 30.3 Å². The van der Waals surface area contributed by atoms with E-state index in [0.29, 0.717) is 6.54 Å². The Morgan fingerprint density at radius 1 is 1.17 bits per heavy atom. The van der Waals surface area contributed by atoms with Gasteiger partial charge in [0.2, 0.25) is 0 Å². The first-order valence-corrected chi connectivity index (χ1v) is 8.42. The number of nitrogens with zero attached hydrogens (tertiary/aromatic N) is 1. The van der Waals surface area contributed by atoms with Gasteiger partial charge in [0.25, 0.3) is 0 Å². The molecule has 0 radical (unpaired) electrons. The minimum absolute atomic E-state index is 0.386. The molecule has 126 valence electrons. The van der Waals surface area contributed by atoms with Gasteiger partial charge >= 0.3 is 6.09 Å². The molecule has 23 heavy (non-hydrogen) atoms. The second-order valence-electron chi connectivity index (χ2n) is 6.92. The van der Waals surface area contributed by atoms with Crippen molar-refractivity contribution in [3.05, 3.63) is 35.9 Å². The maximum Gasteiger partial charge on any atom is 0.407 e. The third kappa shape index (κ3) is 6.35. The Bertz CT molecular complexity index is 523. The highest BCUT2D eigenvalue weighted by Gasteiger charge is 2.15. The SMILES string of the molecule is CC(C)(C)OC(=O)NCC=Cc1ccc(N2CCCCC2)cc1. The molecular weight excluding hydrogens is 288 g/mol. The summed E-state index contributed by atoms with van der Waals surface area (Å²) in [5.41, 5.74) is 1.98. The van der Waals surface area contributed by atoms with Gasteiger partial charge in [0.05, 0.1) is 0 Å². The Morgan fingerprint density at radius 2 is 1.83 bits per heavy atom. The van der Waals surface area contributed by atoms with E-state index in [1.165, 1.54) is 24.9 Å². The molecule has 0 atom stereocenters. The molecule has 2 rings (SSSR count). The number of ether oxygens (including phenoxy) is 1. The highest BCUT2D eigenvalue weighted by molar-refractivity contribution is 5.68. The zero-order valence-corrected chi connectivity index (χ0v) is 14.5. The van der Waals surface area contributed by atoms with Gasteiger partial charge in [0.1, 0.15) is 5.60 Å². The lowest BCUT2D eigenvalue weighted by atomic mass is 10.1. The van der Waals surface area contributed by atoms with E-state index in [9.17, 15) is 4.79 Å². The van der Waals surface area contributed by atoms with Crippen molar-refractivity contribution in [2.75, 3.05) is 24.5 Å². The molecule has 0 aromatic heterocycles. The summed E-state index contributed by atoms with van der Waals surface area (Å²) in [6.07, 6.45) is 7.48. The average molecular weight is 316 g/mol. The Balaban J connectivity index is 1.78. The first-order valence-electron chi connectivity index (χ1n) is 8.42. The quantitative estimate of drug-likeness (QED) is 0.904. The maximum atomic E-state index is 11.5. The van der Waals surface area contributed by atoms with E-state index in [4.69, 9.17) is 4.74 Å². The van der Waals surface area contributed by atoms with E-state index in [1.54, 1.807) is 0 Å². The number of alkyl carbamates (subject to hydrolysis) is 1. The second-order valence-corrected chi connectivity index (χ2v) is 6.92. The lowest BCUT2D eigenvalue weighted by Gasteiger charge is -2.28. The van der Waals surface area contributed by atoms with Crippen molar-refractivity contribution in [1.82, 2.24) is 5.32 Å². The van der Waals surface area contributed by atoms with Gasteiger partial charge in [-0.25, -0.2) is 4.79 Å². The predicted molar refractivity (Wildman–Crippen MR) is 95.8 cm³/mol. The van der Waals surface area contributed by atoms with Crippen LogP contribution in [-0.2, 0) is 4.74 Å². The summed E-state index contributed by atoms with van der Waals surface area (Å²) in [5.74, 6) is 0. The van der Waals surface area contributed by atoms with Gasteiger partial charge < -0.3 is 15.0 Å². The molecule has 1 amide bonds. The van der Waals surface area contributed by atoms with Crippen molar-refractivity contribution < 1.29 is 9.53 Å². The lowest BCUT2D eigenvalue weighted by molar-refractivity contribution is 0.0534. The normalized spacial score (nSPS) is 15.7. The molecule has 1 aromatic carbocycles. The van der Waals surface area contributed by atoms with Crippen LogP contribution < -0.4 is 10.2 Å². The predicted octanol–water partition coefficient (Wildman–Crippen LogP) is 4.21. The molecule has 0 bridgehead atoms. The second kappa shape index (κ2) is 8.04. The molecule has 4 heteroatoms. The summed E-state index contributed by atoms with van der Waals surface area (Å²) in [6, 6.07) is 8.58. The van der Waals surface area contributed by atoms with Crippen molar-refractivity contribution in [1.29, 1.82) is 0 Å². The molecule has 0 saturated carbocycles. The number of hydrogen-bond acceptors (Lipinski definition) is 3. The van der Waals surface area contributed by atoms with Gasteiger partial charge in [-0.1, -0.05) is 24.3 Å². The Labute approximate surface area is 139 Å². The third-order valence-electron chi connectivity index (χ3n) is 3.69. The van der Waals surface area contributed by atoms with E-state index in [2.05, 4.69) is 34.5 Å². The number of carbonyl (C=O) groups is 1. The smallest absolute Gasteiger partial charge is 0.407 e. The summed E-state index contributed by atoms with van der Waals surface area (Å²) >= 11 is 0. The number of piperidine rings is 1. The molecule has 0 aliphatic carbocycles. The summed E-state index contributed by atoms with van der Waals surface area (Å²) in [5, 5.41) is 2.72. The Kier molecular flexibility index (Phi) is 6.08. The molecule has 4 nitrogen and oxygen atoms in total. The molecule has 1 aromatic rings. The van der Waals surface area contributed by atoms with E-state index in [1.807, 2.05) is 32.9 Å². The van der Waals surface area contributed by atoms with Crippen LogP contribution in [0.2, 0.25) is 0 Å².